The van der Waals surface area contributed by atoms with Crippen molar-refractivity contribution in [1.29, 1.82) is 0 Å². The van der Waals surface area contributed by atoms with Gasteiger partial charge in [0.05, 0.1) is 6.04 Å². The summed E-state index contributed by atoms with van der Waals surface area (Å²) in [5.41, 5.74) is 0.607. The number of fused-ring (bicyclic) bond motifs is 1. The van der Waals surface area contributed by atoms with E-state index in [2.05, 4.69) is 10.3 Å². The van der Waals surface area contributed by atoms with Crippen LogP contribution in [-0.4, -0.2) is 23.4 Å². The van der Waals surface area contributed by atoms with Crippen molar-refractivity contribution in [3.05, 3.63) is 45.3 Å². The maximum Gasteiger partial charge on any atom is 0.255 e. The van der Waals surface area contributed by atoms with Crippen LogP contribution in [0.4, 0.5) is 0 Å². The van der Waals surface area contributed by atoms with Crippen LogP contribution in [0.3, 0.4) is 0 Å². The quantitative estimate of drug-likeness (QED) is 0.822. The molecule has 1 aliphatic carbocycles. The highest BCUT2D eigenvalue weighted by Gasteiger charge is 2.18. The minimum atomic E-state index is -0.187. The molecule has 1 aromatic carbocycles. The van der Waals surface area contributed by atoms with Crippen molar-refractivity contribution in [2.24, 2.45) is 5.92 Å². The summed E-state index contributed by atoms with van der Waals surface area (Å²) in [7, 11) is 0. The SMILES string of the molecule is CC(NCC1CCCCC1)C(=O)Cc1cc2cc[nH]c(=O)c2cc1Cl. The first-order valence-corrected chi connectivity index (χ1v) is 9.48. The Morgan fingerprint density at radius 1 is 1.32 bits per heavy atom. The number of ketones is 1. The molecule has 1 aromatic heterocycles. The first-order valence-electron chi connectivity index (χ1n) is 9.10. The second kappa shape index (κ2) is 8.15. The van der Waals surface area contributed by atoms with Crippen molar-refractivity contribution in [2.75, 3.05) is 6.54 Å². The van der Waals surface area contributed by atoms with E-state index >= 15 is 0 Å². The molecule has 0 amide bonds. The number of rotatable bonds is 6. The molecule has 3 rings (SSSR count). The van der Waals surface area contributed by atoms with Crippen LogP contribution in [0.25, 0.3) is 10.8 Å². The van der Waals surface area contributed by atoms with Gasteiger partial charge in [-0.15, -0.1) is 0 Å². The van der Waals surface area contributed by atoms with Crippen molar-refractivity contribution < 1.29 is 4.79 Å². The zero-order valence-electron chi connectivity index (χ0n) is 14.6. The van der Waals surface area contributed by atoms with Gasteiger partial charge in [0.25, 0.3) is 5.56 Å². The van der Waals surface area contributed by atoms with Crippen molar-refractivity contribution >= 4 is 28.2 Å². The van der Waals surface area contributed by atoms with Gasteiger partial charge in [-0.05, 0) is 61.4 Å². The first kappa shape index (κ1) is 18.2. The zero-order chi connectivity index (χ0) is 17.8. The van der Waals surface area contributed by atoms with E-state index in [-0.39, 0.29) is 23.8 Å². The summed E-state index contributed by atoms with van der Waals surface area (Å²) in [6.07, 6.45) is 8.37. The van der Waals surface area contributed by atoms with E-state index in [0.717, 1.165) is 17.5 Å². The van der Waals surface area contributed by atoms with Gasteiger partial charge in [0.15, 0.2) is 5.78 Å². The Labute approximate surface area is 153 Å². The molecular weight excluding hydrogens is 336 g/mol. The molecule has 4 nitrogen and oxygen atoms in total. The molecule has 0 aliphatic heterocycles. The van der Waals surface area contributed by atoms with Crippen LogP contribution < -0.4 is 10.9 Å². The number of Topliss-reactive ketones (excluding diaryl/α,β-unsaturated/α-hetero) is 1. The third-order valence-electron chi connectivity index (χ3n) is 5.23. The number of pyridine rings is 1. The standard InChI is InChI=1S/C20H25ClN2O2/c1-13(23-12-14-5-3-2-4-6-14)19(24)10-16-9-15-7-8-22-20(25)17(15)11-18(16)21/h7-9,11,13-14,23H,2-6,10,12H2,1H3,(H,22,25). The molecule has 2 aromatic rings. The molecule has 0 bridgehead atoms. The number of H-pyrrole nitrogens is 1. The van der Waals surface area contributed by atoms with Gasteiger partial charge in [-0.25, -0.2) is 0 Å². The first-order chi connectivity index (χ1) is 12.0. The van der Waals surface area contributed by atoms with E-state index in [1.807, 2.05) is 19.1 Å². The lowest BCUT2D eigenvalue weighted by atomic mass is 9.89. The Morgan fingerprint density at radius 2 is 2.08 bits per heavy atom. The summed E-state index contributed by atoms with van der Waals surface area (Å²) >= 11 is 6.30. The smallest absolute Gasteiger partial charge is 0.255 e. The molecule has 1 fully saturated rings. The maximum atomic E-state index is 12.6. The summed E-state index contributed by atoms with van der Waals surface area (Å²) in [4.78, 5) is 27.0. The molecule has 0 saturated heterocycles. The van der Waals surface area contributed by atoms with E-state index in [4.69, 9.17) is 11.6 Å². The molecular formula is C20H25ClN2O2. The number of carbonyl (C=O) groups excluding carboxylic acids is 1. The summed E-state index contributed by atoms with van der Waals surface area (Å²) in [6.45, 7) is 2.83. The fourth-order valence-electron chi connectivity index (χ4n) is 3.58. The predicted octanol–water partition coefficient (Wildman–Crippen LogP) is 3.85. The Morgan fingerprint density at radius 3 is 2.84 bits per heavy atom. The zero-order valence-corrected chi connectivity index (χ0v) is 15.4. The van der Waals surface area contributed by atoms with Crippen LogP contribution in [-0.2, 0) is 11.2 Å². The summed E-state index contributed by atoms with van der Waals surface area (Å²) in [5.74, 6) is 0.821. The second-order valence-electron chi connectivity index (χ2n) is 7.11. The van der Waals surface area contributed by atoms with Gasteiger partial charge in [-0.2, -0.15) is 0 Å². The van der Waals surface area contributed by atoms with Crippen molar-refractivity contribution in [1.82, 2.24) is 10.3 Å². The molecule has 25 heavy (non-hydrogen) atoms. The lowest BCUT2D eigenvalue weighted by molar-refractivity contribution is -0.120. The van der Waals surface area contributed by atoms with Gasteiger partial charge in [0.2, 0.25) is 0 Å². The third kappa shape index (κ3) is 4.50. The van der Waals surface area contributed by atoms with Gasteiger partial charge in [0, 0.05) is 23.0 Å². The van der Waals surface area contributed by atoms with E-state index < -0.39 is 0 Å². The monoisotopic (exact) mass is 360 g/mol. The Bertz CT molecular complexity index is 809. The maximum absolute atomic E-state index is 12.6. The summed E-state index contributed by atoms with van der Waals surface area (Å²) in [5, 5.41) is 5.21. The number of carbonyl (C=O) groups is 1. The number of aromatic amines is 1. The van der Waals surface area contributed by atoms with Gasteiger partial charge in [-0.3, -0.25) is 9.59 Å². The van der Waals surface area contributed by atoms with E-state index in [1.165, 1.54) is 32.1 Å². The number of aromatic nitrogens is 1. The Kier molecular flexibility index (Phi) is 5.92. The van der Waals surface area contributed by atoms with Crippen molar-refractivity contribution in [2.45, 2.75) is 51.5 Å². The molecule has 0 radical (unpaired) electrons. The topological polar surface area (TPSA) is 62.0 Å². The normalized spacial score (nSPS) is 16.9. The minimum Gasteiger partial charge on any atom is -0.329 e. The number of hydrogen-bond donors (Lipinski definition) is 2. The van der Waals surface area contributed by atoms with Crippen LogP contribution in [0.2, 0.25) is 5.02 Å². The predicted molar refractivity (Wildman–Crippen MR) is 102 cm³/mol. The summed E-state index contributed by atoms with van der Waals surface area (Å²) in [6, 6.07) is 5.14. The molecule has 1 unspecified atom stereocenters. The lowest BCUT2D eigenvalue weighted by Crippen LogP contribution is -2.38. The van der Waals surface area contributed by atoms with E-state index in [0.29, 0.717) is 16.3 Å². The fourth-order valence-corrected chi connectivity index (χ4v) is 3.81. The molecule has 2 N–H and O–H groups in total. The van der Waals surface area contributed by atoms with E-state index in [9.17, 15) is 9.59 Å². The minimum absolute atomic E-state index is 0.127. The molecule has 0 spiro atoms. The molecule has 1 heterocycles. The largest absolute Gasteiger partial charge is 0.329 e. The molecule has 1 aliphatic rings. The van der Waals surface area contributed by atoms with Gasteiger partial charge >= 0.3 is 0 Å². The highest BCUT2D eigenvalue weighted by molar-refractivity contribution is 6.32. The van der Waals surface area contributed by atoms with Crippen molar-refractivity contribution in [3.8, 4) is 0 Å². The van der Waals surface area contributed by atoms with Crippen LogP contribution >= 0.6 is 11.6 Å². The van der Waals surface area contributed by atoms with Crippen LogP contribution in [0.15, 0.2) is 29.2 Å². The number of nitrogens with one attached hydrogen (secondary N) is 2. The number of halogens is 1. The molecule has 1 atom stereocenters. The van der Waals surface area contributed by atoms with Gasteiger partial charge < -0.3 is 10.3 Å². The molecule has 134 valence electrons. The average Bonchev–Trinajstić information content (AvgIpc) is 2.62. The number of hydrogen-bond acceptors (Lipinski definition) is 3. The van der Waals surface area contributed by atoms with Crippen LogP contribution in [0.5, 0.6) is 0 Å². The third-order valence-corrected chi connectivity index (χ3v) is 5.58. The molecule has 1 saturated carbocycles. The van der Waals surface area contributed by atoms with Gasteiger partial charge in [0.1, 0.15) is 0 Å². The highest BCUT2D eigenvalue weighted by Crippen LogP contribution is 2.24. The highest BCUT2D eigenvalue weighted by atomic mass is 35.5. The van der Waals surface area contributed by atoms with Gasteiger partial charge in [-0.1, -0.05) is 30.9 Å². The average molecular weight is 361 g/mol. The number of benzene rings is 1. The van der Waals surface area contributed by atoms with Crippen LogP contribution in [0.1, 0.15) is 44.6 Å². The fraction of sp³-hybridized carbons (Fsp3) is 0.500. The molecule has 5 heteroatoms. The van der Waals surface area contributed by atoms with Crippen molar-refractivity contribution in [3.63, 3.8) is 0 Å². The summed E-state index contributed by atoms with van der Waals surface area (Å²) < 4.78 is 0. The van der Waals surface area contributed by atoms with Crippen LogP contribution in [0, 0.1) is 5.92 Å². The Hall–Kier alpha value is -1.65. The Balaban J connectivity index is 1.64. The second-order valence-corrected chi connectivity index (χ2v) is 7.52. The lowest BCUT2D eigenvalue weighted by Gasteiger charge is -2.23. The van der Waals surface area contributed by atoms with E-state index in [1.54, 1.807) is 12.3 Å².